The van der Waals surface area contributed by atoms with Crippen molar-refractivity contribution in [3.63, 3.8) is 0 Å². The van der Waals surface area contributed by atoms with Crippen LogP contribution >= 0.6 is 0 Å². The van der Waals surface area contributed by atoms with Crippen LogP contribution in [0.4, 0.5) is 13.2 Å². The zero-order valence-electron chi connectivity index (χ0n) is 7.90. The average molecular weight is 217 g/mol. The molecule has 0 bridgehead atoms. The van der Waals surface area contributed by atoms with Gasteiger partial charge in [0, 0.05) is 6.42 Å². The maximum absolute atomic E-state index is 13.1. The fraction of sp³-hybridized carbons (Fsp3) is 0.300. The number of rotatable bonds is 4. The minimum atomic E-state index is -1.24. The minimum absolute atomic E-state index is 0.0414. The molecular formula is C10H10F3NO. The van der Waals surface area contributed by atoms with Crippen LogP contribution in [0.3, 0.4) is 0 Å². The van der Waals surface area contributed by atoms with Crippen molar-refractivity contribution in [2.45, 2.75) is 13.1 Å². The fourth-order valence-electron chi connectivity index (χ4n) is 1.19. The molecule has 15 heavy (non-hydrogen) atoms. The Hall–Kier alpha value is -1.36. The largest absolute Gasteiger partial charge is 0.330 e. The second-order valence-corrected chi connectivity index (χ2v) is 3.03. The number of halogens is 3. The maximum Gasteiger partial charge on any atom is 0.169 e. The Morgan fingerprint density at radius 1 is 1.33 bits per heavy atom. The molecule has 0 atom stereocenters. The van der Waals surface area contributed by atoms with Gasteiger partial charge in [0.25, 0.3) is 0 Å². The Kier molecular flexibility index (Phi) is 3.85. The lowest BCUT2D eigenvalue weighted by Crippen LogP contribution is -2.11. The number of alkyl halides is 1. The van der Waals surface area contributed by atoms with Gasteiger partial charge >= 0.3 is 0 Å². The first-order valence-electron chi connectivity index (χ1n) is 4.37. The van der Waals surface area contributed by atoms with Crippen molar-refractivity contribution in [3.05, 3.63) is 34.9 Å². The van der Waals surface area contributed by atoms with Crippen LogP contribution in [-0.2, 0) is 6.67 Å². The molecule has 0 radical (unpaired) electrons. The fourth-order valence-corrected chi connectivity index (χ4v) is 1.19. The van der Waals surface area contributed by atoms with Crippen LogP contribution in [0.2, 0.25) is 0 Å². The average Bonchev–Trinajstić information content (AvgIpc) is 2.22. The predicted molar refractivity (Wildman–Crippen MR) is 49.2 cm³/mol. The SMILES string of the molecule is NCCC(=O)c1cc(CF)cc(F)c1F. The topological polar surface area (TPSA) is 43.1 Å². The number of ketones is 1. The number of benzene rings is 1. The highest BCUT2D eigenvalue weighted by atomic mass is 19.2. The molecule has 0 aliphatic rings. The highest BCUT2D eigenvalue weighted by Crippen LogP contribution is 2.17. The Morgan fingerprint density at radius 3 is 2.53 bits per heavy atom. The van der Waals surface area contributed by atoms with Gasteiger partial charge in [0.2, 0.25) is 0 Å². The van der Waals surface area contributed by atoms with E-state index in [1.54, 1.807) is 0 Å². The highest BCUT2D eigenvalue weighted by Gasteiger charge is 2.16. The van der Waals surface area contributed by atoms with Gasteiger partial charge in [0.1, 0.15) is 6.67 Å². The molecule has 0 aromatic heterocycles. The van der Waals surface area contributed by atoms with E-state index in [4.69, 9.17) is 5.73 Å². The molecule has 1 aromatic carbocycles. The third-order valence-electron chi connectivity index (χ3n) is 1.91. The summed E-state index contributed by atoms with van der Waals surface area (Å²) >= 11 is 0. The second kappa shape index (κ2) is 4.93. The molecule has 0 spiro atoms. The zero-order chi connectivity index (χ0) is 11.4. The van der Waals surface area contributed by atoms with Crippen LogP contribution in [0.5, 0.6) is 0 Å². The summed E-state index contributed by atoms with van der Waals surface area (Å²) < 4.78 is 38.3. The summed E-state index contributed by atoms with van der Waals surface area (Å²) in [5, 5.41) is 0. The van der Waals surface area contributed by atoms with Crippen molar-refractivity contribution in [2.24, 2.45) is 5.73 Å². The Labute approximate surface area is 84.9 Å². The normalized spacial score (nSPS) is 10.4. The van der Waals surface area contributed by atoms with E-state index in [9.17, 15) is 18.0 Å². The van der Waals surface area contributed by atoms with E-state index in [2.05, 4.69) is 0 Å². The molecule has 0 unspecified atom stereocenters. The van der Waals surface area contributed by atoms with Crippen LogP contribution in [-0.4, -0.2) is 12.3 Å². The molecule has 0 aliphatic carbocycles. The molecule has 0 heterocycles. The van der Waals surface area contributed by atoms with Gasteiger partial charge in [0.05, 0.1) is 5.56 Å². The van der Waals surface area contributed by atoms with E-state index in [1.807, 2.05) is 0 Å². The number of Topliss-reactive ketones (excluding diaryl/α,β-unsaturated/α-hetero) is 1. The van der Waals surface area contributed by atoms with Crippen LogP contribution < -0.4 is 5.73 Å². The van der Waals surface area contributed by atoms with Gasteiger partial charge in [-0.05, 0) is 24.2 Å². The summed E-state index contributed by atoms with van der Waals surface area (Å²) in [6, 6.07) is 1.74. The molecular weight excluding hydrogens is 207 g/mol. The van der Waals surface area contributed by atoms with E-state index in [-0.39, 0.29) is 18.5 Å². The summed E-state index contributed by atoms with van der Waals surface area (Å²) in [5.41, 5.74) is 4.62. The lowest BCUT2D eigenvalue weighted by atomic mass is 10.0. The van der Waals surface area contributed by atoms with Gasteiger partial charge in [-0.3, -0.25) is 4.79 Å². The summed E-state index contributed by atoms with van der Waals surface area (Å²) in [7, 11) is 0. The maximum atomic E-state index is 13.1. The molecule has 82 valence electrons. The number of carbonyl (C=O) groups is 1. The molecule has 1 aromatic rings. The number of nitrogens with two attached hydrogens (primary N) is 1. The molecule has 5 heteroatoms. The van der Waals surface area contributed by atoms with E-state index in [1.165, 1.54) is 0 Å². The molecule has 2 N–H and O–H groups in total. The Bertz CT molecular complexity index is 379. The van der Waals surface area contributed by atoms with Gasteiger partial charge < -0.3 is 5.73 Å². The first-order valence-corrected chi connectivity index (χ1v) is 4.37. The lowest BCUT2D eigenvalue weighted by molar-refractivity contribution is 0.0980. The summed E-state index contributed by atoms with van der Waals surface area (Å²) in [6.07, 6.45) is -0.0912. The third-order valence-corrected chi connectivity index (χ3v) is 1.91. The van der Waals surface area contributed by atoms with Crippen LogP contribution in [0, 0.1) is 11.6 Å². The molecule has 0 aliphatic heterocycles. The van der Waals surface area contributed by atoms with E-state index in [0.29, 0.717) is 0 Å². The number of hydrogen-bond donors (Lipinski definition) is 1. The van der Waals surface area contributed by atoms with Gasteiger partial charge in [-0.1, -0.05) is 0 Å². The number of hydrogen-bond acceptors (Lipinski definition) is 2. The smallest absolute Gasteiger partial charge is 0.169 e. The van der Waals surface area contributed by atoms with Gasteiger partial charge in [-0.15, -0.1) is 0 Å². The summed E-state index contributed by atoms with van der Waals surface area (Å²) in [5.74, 6) is -3.08. The van der Waals surface area contributed by atoms with Gasteiger partial charge in [-0.25, -0.2) is 13.2 Å². The minimum Gasteiger partial charge on any atom is -0.330 e. The summed E-state index contributed by atoms with van der Waals surface area (Å²) in [4.78, 5) is 11.3. The van der Waals surface area contributed by atoms with Crippen LogP contribution in [0.1, 0.15) is 22.3 Å². The van der Waals surface area contributed by atoms with Crippen molar-refractivity contribution >= 4 is 5.78 Å². The van der Waals surface area contributed by atoms with Gasteiger partial charge in [-0.2, -0.15) is 0 Å². The van der Waals surface area contributed by atoms with E-state index in [0.717, 1.165) is 12.1 Å². The van der Waals surface area contributed by atoms with E-state index >= 15 is 0 Å². The van der Waals surface area contributed by atoms with Crippen LogP contribution in [0.25, 0.3) is 0 Å². The first-order chi connectivity index (χ1) is 7.10. The predicted octanol–water partition coefficient (Wildman–Crippen LogP) is 1.97. The molecule has 0 saturated carbocycles. The Morgan fingerprint density at radius 2 is 2.00 bits per heavy atom. The first kappa shape index (κ1) is 11.7. The monoisotopic (exact) mass is 217 g/mol. The number of carbonyl (C=O) groups excluding carboxylic acids is 1. The molecule has 0 amide bonds. The quantitative estimate of drug-likeness (QED) is 0.783. The Balaban J connectivity index is 3.15. The molecule has 0 saturated heterocycles. The van der Waals surface area contributed by atoms with Crippen molar-refractivity contribution in [1.29, 1.82) is 0 Å². The van der Waals surface area contributed by atoms with Crippen molar-refractivity contribution in [2.75, 3.05) is 6.54 Å². The molecule has 2 nitrogen and oxygen atoms in total. The molecule has 1 rings (SSSR count). The van der Waals surface area contributed by atoms with E-state index < -0.39 is 29.7 Å². The summed E-state index contributed by atoms with van der Waals surface area (Å²) in [6.45, 7) is -0.903. The standard InChI is InChI=1S/C10H10F3NO/c11-5-6-3-7(9(15)1-2-14)10(13)8(12)4-6/h3-4H,1-2,5,14H2. The third kappa shape index (κ3) is 2.56. The zero-order valence-corrected chi connectivity index (χ0v) is 7.90. The van der Waals surface area contributed by atoms with Crippen molar-refractivity contribution < 1.29 is 18.0 Å². The molecule has 0 fully saturated rings. The van der Waals surface area contributed by atoms with Crippen LogP contribution in [0.15, 0.2) is 12.1 Å². The van der Waals surface area contributed by atoms with Gasteiger partial charge in [0.15, 0.2) is 17.4 Å². The van der Waals surface area contributed by atoms with Crippen molar-refractivity contribution in [1.82, 2.24) is 0 Å². The lowest BCUT2D eigenvalue weighted by Gasteiger charge is -2.04. The second-order valence-electron chi connectivity index (χ2n) is 3.03. The van der Waals surface area contributed by atoms with Crippen molar-refractivity contribution in [3.8, 4) is 0 Å². The highest BCUT2D eigenvalue weighted by molar-refractivity contribution is 5.96.